The van der Waals surface area contributed by atoms with Crippen molar-refractivity contribution in [3.8, 4) is 67.3 Å². The van der Waals surface area contributed by atoms with Gasteiger partial charge in [0.1, 0.15) is 0 Å². The monoisotopic (exact) mass is 836 g/mol. The van der Waals surface area contributed by atoms with Gasteiger partial charge in [0.2, 0.25) is 0 Å². The molecular formula is C59H36N2S2. The Morgan fingerprint density at radius 3 is 1.73 bits per heavy atom. The van der Waals surface area contributed by atoms with Gasteiger partial charge in [-0.15, -0.1) is 11.3 Å². The molecule has 0 radical (unpaired) electrons. The van der Waals surface area contributed by atoms with Crippen LogP contribution >= 0.6 is 23.1 Å². The Morgan fingerprint density at radius 1 is 0.349 bits per heavy atom. The van der Waals surface area contributed by atoms with Crippen LogP contribution in [0.25, 0.3) is 87.5 Å². The van der Waals surface area contributed by atoms with Crippen LogP contribution in [0.2, 0.25) is 0 Å². The SMILES string of the molecule is c1ccc(-c2cc(-c3cccc(-c4cccc(-c5ccc6c(c5)C5(c7ccccc7S6)c6ccccc6-c6c5ccc5sc7ccccc7c65)c4)c3)nc(-c3ccccc3)n2)cc1. The first kappa shape index (κ1) is 36.3. The van der Waals surface area contributed by atoms with Gasteiger partial charge in [-0.2, -0.15) is 0 Å². The topological polar surface area (TPSA) is 25.8 Å². The molecule has 2 aromatic heterocycles. The molecular weight excluding hydrogens is 801 g/mol. The van der Waals surface area contributed by atoms with Crippen LogP contribution in [0.4, 0.5) is 0 Å². The molecule has 0 saturated heterocycles. The van der Waals surface area contributed by atoms with Crippen LogP contribution in [0.5, 0.6) is 0 Å². The minimum atomic E-state index is -0.475. The van der Waals surface area contributed by atoms with Gasteiger partial charge in [0, 0.05) is 46.7 Å². The lowest BCUT2D eigenvalue weighted by molar-refractivity contribution is 0.723. The van der Waals surface area contributed by atoms with Gasteiger partial charge in [-0.3, -0.25) is 0 Å². The lowest BCUT2D eigenvalue weighted by atomic mass is 9.67. The van der Waals surface area contributed by atoms with E-state index in [1.807, 2.05) is 47.4 Å². The average molecular weight is 837 g/mol. The second-order valence-corrected chi connectivity index (χ2v) is 18.6. The maximum absolute atomic E-state index is 5.14. The van der Waals surface area contributed by atoms with Crippen LogP contribution in [0.15, 0.2) is 228 Å². The lowest BCUT2D eigenvalue weighted by Gasteiger charge is -2.40. The first-order valence-electron chi connectivity index (χ1n) is 21.4. The number of thiophene rings is 1. The summed E-state index contributed by atoms with van der Waals surface area (Å²) >= 11 is 3.79. The Morgan fingerprint density at radius 2 is 0.937 bits per heavy atom. The van der Waals surface area contributed by atoms with E-state index in [1.54, 1.807) is 0 Å². The molecule has 294 valence electrons. The molecule has 2 aliphatic rings. The van der Waals surface area contributed by atoms with E-state index in [2.05, 4.69) is 194 Å². The van der Waals surface area contributed by atoms with Gasteiger partial charge < -0.3 is 0 Å². The summed E-state index contributed by atoms with van der Waals surface area (Å²) in [5.74, 6) is 0.714. The number of hydrogen-bond donors (Lipinski definition) is 0. The Balaban J connectivity index is 0.957. The number of hydrogen-bond acceptors (Lipinski definition) is 4. The predicted octanol–water partition coefficient (Wildman–Crippen LogP) is 16.0. The van der Waals surface area contributed by atoms with Gasteiger partial charge in [0.05, 0.1) is 16.8 Å². The molecule has 4 heteroatoms. The summed E-state index contributed by atoms with van der Waals surface area (Å²) in [5.41, 5.74) is 17.2. The van der Waals surface area contributed by atoms with Gasteiger partial charge >= 0.3 is 0 Å². The van der Waals surface area contributed by atoms with Gasteiger partial charge in [-0.1, -0.05) is 182 Å². The van der Waals surface area contributed by atoms with Gasteiger partial charge in [-0.05, 0) is 104 Å². The molecule has 13 rings (SSSR count). The third kappa shape index (κ3) is 5.65. The second-order valence-electron chi connectivity index (χ2n) is 16.4. The standard InChI is InChI=1S/C59H36N2S2/c1-3-15-37(16-4-1)50-36-51(61-58(60-50)38-17-5-2-6-18-38)43-22-14-21-41(34-43)39-19-13-20-40(33-39)42-29-31-54-49(35-42)59(47-26-10-12-28-53(47)63-54)46-25-9-7-23-44(46)56-48(59)30-32-55-57(56)45-24-8-11-27-52(45)62-55/h1-36H. The molecule has 0 amide bonds. The molecule has 9 aromatic carbocycles. The Hall–Kier alpha value is -7.37. The molecule has 0 saturated carbocycles. The van der Waals surface area contributed by atoms with Crippen LogP contribution in [0, 0.1) is 0 Å². The molecule has 3 heterocycles. The zero-order chi connectivity index (χ0) is 41.5. The molecule has 1 spiro atoms. The van der Waals surface area contributed by atoms with Crippen LogP contribution < -0.4 is 0 Å². The fraction of sp³-hybridized carbons (Fsp3) is 0.0169. The summed E-state index contributed by atoms with van der Waals surface area (Å²) in [6.45, 7) is 0. The van der Waals surface area contributed by atoms with Crippen molar-refractivity contribution in [3.05, 3.63) is 241 Å². The van der Waals surface area contributed by atoms with Crippen molar-refractivity contribution in [2.75, 3.05) is 0 Å². The van der Waals surface area contributed by atoms with Crippen LogP contribution in [-0.2, 0) is 5.41 Å². The summed E-state index contributed by atoms with van der Waals surface area (Å²) < 4.78 is 2.67. The second kappa shape index (κ2) is 14.4. The van der Waals surface area contributed by atoms with E-state index in [4.69, 9.17) is 9.97 Å². The number of aromatic nitrogens is 2. The highest BCUT2D eigenvalue weighted by atomic mass is 32.2. The van der Waals surface area contributed by atoms with Crippen molar-refractivity contribution < 1.29 is 0 Å². The van der Waals surface area contributed by atoms with Crippen molar-refractivity contribution >= 4 is 43.3 Å². The van der Waals surface area contributed by atoms with E-state index in [0.29, 0.717) is 5.82 Å². The van der Waals surface area contributed by atoms with E-state index in [-0.39, 0.29) is 0 Å². The van der Waals surface area contributed by atoms with Crippen LogP contribution in [0.1, 0.15) is 22.3 Å². The van der Waals surface area contributed by atoms with E-state index < -0.39 is 5.41 Å². The summed E-state index contributed by atoms with van der Waals surface area (Å²) in [5, 5.41) is 2.71. The van der Waals surface area contributed by atoms with Crippen molar-refractivity contribution in [1.29, 1.82) is 0 Å². The molecule has 11 aromatic rings. The highest BCUT2D eigenvalue weighted by molar-refractivity contribution is 7.99. The summed E-state index contributed by atoms with van der Waals surface area (Å²) in [4.78, 5) is 12.8. The zero-order valence-electron chi connectivity index (χ0n) is 34.0. The normalized spacial score (nSPS) is 14.7. The first-order valence-corrected chi connectivity index (χ1v) is 23.0. The number of benzene rings is 9. The molecule has 0 N–H and O–H groups in total. The van der Waals surface area contributed by atoms with Crippen molar-refractivity contribution in [2.45, 2.75) is 15.2 Å². The van der Waals surface area contributed by atoms with Crippen LogP contribution in [0.3, 0.4) is 0 Å². The summed E-state index contributed by atoms with van der Waals surface area (Å²) in [6.07, 6.45) is 0. The van der Waals surface area contributed by atoms with E-state index in [0.717, 1.165) is 39.2 Å². The van der Waals surface area contributed by atoms with E-state index in [1.165, 1.54) is 74.5 Å². The third-order valence-corrected chi connectivity index (χ3v) is 15.2. The summed E-state index contributed by atoms with van der Waals surface area (Å²) in [6, 6.07) is 79.7. The maximum Gasteiger partial charge on any atom is 0.160 e. The highest BCUT2D eigenvalue weighted by Crippen LogP contribution is 2.64. The minimum absolute atomic E-state index is 0.475. The molecule has 0 bridgehead atoms. The molecule has 63 heavy (non-hydrogen) atoms. The zero-order valence-corrected chi connectivity index (χ0v) is 35.6. The lowest BCUT2D eigenvalue weighted by Crippen LogP contribution is -2.32. The Bertz CT molecular complexity index is 3550. The number of nitrogens with zero attached hydrogens (tertiary/aromatic N) is 2. The fourth-order valence-corrected chi connectivity index (χ4v) is 12.5. The molecule has 1 atom stereocenters. The van der Waals surface area contributed by atoms with Crippen LogP contribution in [-0.4, -0.2) is 9.97 Å². The Labute approximate surface area is 374 Å². The minimum Gasteiger partial charge on any atom is -0.228 e. The molecule has 1 aliphatic heterocycles. The highest BCUT2D eigenvalue weighted by Gasteiger charge is 2.51. The van der Waals surface area contributed by atoms with Gasteiger partial charge in [0.25, 0.3) is 0 Å². The quantitative estimate of drug-likeness (QED) is 0.173. The van der Waals surface area contributed by atoms with Crippen molar-refractivity contribution in [3.63, 3.8) is 0 Å². The maximum atomic E-state index is 5.14. The Kier molecular flexibility index (Phi) is 8.27. The molecule has 1 aliphatic carbocycles. The third-order valence-electron chi connectivity index (χ3n) is 13.0. The smallest absolute Gasteiger partial charge is 0.160 e. The number of fused-ring (bicyclic) bond motifs is 13. The van der Waals surface area contributed by atoms with Gasteiger partial charge in [0.15, 0.2) is 5.82 Å². The average Bonchev–Trinajstić information content (AvgIpc) is 3.88. The fourth-order valence-electron chi connectivity index (χ4n) is 10.2. The van der Waals surface area contributed by atoms with Crippen molar-refractivity contribution in [2.24, 2.45) is 0 Å². The summed E-state index contributed by atoms with van der Waals surface area (Å²) in [7, 11) is 0. The molecule has 0 fully saturated rings. The first-order chi connectivity index (χ1) is 31.2. The van der Waals surface area contributed by atoms with E-state index >= 15 is 0 Å². The molecule has 2 nitrogen and oxygen atoms in total. The van der Waals surface area contributed by atoms with Gasteiger partial charge in [-0.25, -0.2) is 9.97 Å². The molecule has 1 unspecified atom stereocenters. The van der Waals surface area contributed by atoms with Crippen molar-refractivity contribution in [1.82, 2.24) is 9.97 Å². The number of rotatable bonds is 5. The largest absolute Gasteiger partial charge is 0.228 e. The predicted molar refractivity (Wildman–Crippen MR) is 264 cm³/mol. The van der Waals surface area contributed by atoms with E-state index in [9.17, 15) is 0 Å².